The number of hydrogen-bond acceptors (Lipinski definition) is 10. The van der Waals surface area contributed by atoms with E-state index in [4.69, 9.17) is 39.8 Å². The van der Waals surface area contributed by atoms with E-state index in [2.05, 4.69) is 6.92 Å². The van der Waals surface area contributed by atoms with Crippen molar-refractivity contribution >= 4 is 23.8 Å². The number of rotatable bonds is 8. The Morgan fingerprint density at radius 3 is 2.47 bits per heavy atom. The molecule has 2 N–H and O–H groups in total. The molecule has 3 aliphatic rings. The van der Waals surface area contributed by atoms with Crippen molar-refractivity contribution in [1.29, 1.82) is 0 Å². The number of carbonyl (C=O) groups is 2. The minimum Gasteiger partial charge on any atom is -0.508 e. The van der Waals surface area contributed by atoms with E-state index in [-0.39, 0.29) is 36.5 Å². The fraction of sp³-hybridized carbons (Fsp3) is 0.750. The van der Waals surface area contributed by atoms with Gasteiger partial charge in [0.2, 0.25) is 0 Å². The standard InChI is InChI=1S/C32H47ClO10/c1-18(11-12-24(38-7)22-9-8-10-23(34)13-22)29-20(3)26-16-32(41-29)30(5,6)15-19(2)31(37,43-32)17-28(36)39-25(21(4)42-33)14-27(35)40-26/h8-10,13,18-21,24-26,29,34,37H,11-12,14-17H2,1-7H3. The van der Waals surface area contributed by atoms with E-state index in [1.54, 1.807) is 32.2 Å². The van der Waals surface area contributed by atoms with Crippen LogP contribution in [0.1, 0.15) is 91.7 Å². The van der Waals surface area contributed by atoms with Crippen LogP contribution in [0.25, 0.3) is 0 Å². The van der Waals surface area contributed by atoms with Gasteiger partial charge < -0.3 is 33.9 Å². The van der Waals surface area contributed by atoms with Crippen LogP contribution in [0.2, 0.25) is 0 Å². The molecule has 10 atom stereocenters. The topological polar surface area (TPSA) is 130 Å². The molecule has 11 heteroatoms. The SMILES string of the molecule is COC(CCC(C)C1OC23CC(OC(=O)CC(C(C)OCl)OC(=O)CC(O)(O2)C(C)CC3(C)C)C1C)c1cccc(O)c1. The van der Waals surface area contributed by atoms with Gasteiger partial charge in [0.1, 0.15) is 24.1 Å². The number of ether oxygens (including phenoxy) is 5. The highest BCUT2D eigenvalue weighted by atomic mass is 35.5. The molecule has 0 aliphatic carbocycles. The van der Waals surface area contributed by atoms with Crippen LogP contribution in [0.15, 0.2) is 24.3 Å². The Morgan fingerprint density at radius 1 is 1.09 bits per heavy atom. The first-order chi connectivity index (χ1) is 20.1. The van der Waals surface area contributed by atoms with E-state index in [0.29, 0.717) is 19.3 Å². The van der Waals surface area contributed by atoms with Gasteiger partial charge in [0.05, 0.1) is 36.9 Å². The van der Waals surface area contributed by atoms with Gasteiger partial charge in [-0.15, -0.1) is 0 Å². The Hall–Kier alpha value is -1.95. The van der Waals surface area contributed by atoms with Crippen LogP contribution in [0.3, 0.4) is 0 Å². The minimum absolute atomic E-state index is 0.0366. The van der Waals surface area contributed by atoms with E-state index in [9.17, 15) is 19.8 Å². The molecule has 10 unspecified atom stereocenters. The first-order valence-electron chi connectivity index (χ1n) is 15.2. The zero-order valence-corrected chi connectivity index (χ0v) is 27.0. The van der Waals surface area contributed by atoms with Crippen LogP contribution < -0.4 is 0 Å². The summed E-state index contributed by atoms with van der Waals surface area (Å²) in [7, 11) is 1.64. The zero-order chi connectivity index (χ0) is 31.7. The number of aliphatic hydroxyl groups is 1. The molecule has 0 amide bonds. The number of hydrogen-bond donors (Lipinski definition) is 2. The summed E-state index contributed by atoms with van der Waals surface area (Å²) >= 11 is 5.59. The number of phenolic OH excluding ortho intramolecular Hbond substituents is 1. The van der Waals surface area contributed by atoms with Crippen molar-refractivity contribution in [3.63, 3.8) is 0 Å². The Bertz CT molecular complexity index is 1140. The summed E-state index contributed by atoms with van der Waals surface area (Å²) in [5, 5.41) is 21.8. The van der Waals surface area contributed by atoms with Crippen molar-refractivity contribution in [2.45, 2.75) is 122 Å². The Kier molecular flexibility index (Phi) is 10.4. The summed E-state index contributed by atoms with van der Waals surface area (Å²) in [5.74, 6) is -5.02. The van der Waals surface area contributed by atoms with E-state index in [0.717, 1.165) is 5.56 Å². The summed E-state index contributed by atoms with van der Waals surface area (Å²) in [6, 6.07) is 7.02. The molecule has 43 heavy (non-hydrogen) atoms. The molecule has 0 saturated carbocycles. The van der Waals surface area contributed by atoms with Crippen molar-refractivity contribution < 1.29 is 47.8 Å². The Balaban J connectivity index is 1.66. The molecule has 242 valence electrons. The molecule has 0 aromatic heterocycles. The lowest BCUT2D eigenvalue weighted by atomic mass is 9.66. The fourth-order valence-electron chi connectivity index (χ4n) is 7.02. The third kappa shape index (κ3) is 7.15. The maximum absolute atomic E-state index is 13.3. The highest BCUT2D eigenvalue weighted by molar-refractivity contribution is 6.07. The lowest BCUT2D eigenvalue weighted by molar-refractivity contribution is -0.452. The number of halogens is 1. The molecule has 3 heterocycles. The first kappa shape index (κ1) is 33.9. The van der Waals surface area contributed by atoms with Crippen molar-refractivity contribution in [3.8, 4) is 5.75 Å². The largest absolute Gasteiger partial charge is 0.508 e. The predicted molar refractivity (Wildman–Crippen MR) is 157 cm³/mol. The fourth-order valence-corrected chi connectivity index (χ4v) is 7.14. The highest BCUT2D eigenvalue weighted by Crippen LogP contribution is 2.57. The Labute approximate surface area is 259 Å². The van der Waals surface area contributed by atoms with Gasteiger partial charge in [0.25, 0.3) is 0 Å². The number of aromatic hydroxyl groups is 1. The monoisotopic (exact) mass is 626 g/mol. The number of methoxy groups -OCH3 is 1. The van der Waals surface area contributed by atoms with Gasteiger partial charge in [-0.05, 0) is 49.8 Å². The highest BCUT2D eigenvalue weighted by Gasteiger charge is 2.64. The molecule has 4 rings (SSSR count). The van der Waals surface area contributed by atoms with Crippen LogP contribution in [0.5, 0.6) is 5.75 Å². The number of cyclic esters (lactones) is 1. The third-order valence-electron chi connectivity index (χ3n) is 9.83. The van der Waals surface area contributed by atoms with Gasteiger partial charge >= 0.3 is 11.9 Å². The summed E-state index contributed by atoms with van der Waals surface area (Å²) in [4.78, 5) is 26.3. The molecule has 0 radical (unpaired) electrons. The van der Waals surface area contributed by atoms with Gasteiger partial charge in [0, 0.05) is 30.8 Å². The second-order valence-electron chi connectivity index (χ2n) is 13.4. The molecule has 3 fully saturated rings. The second-order valence-corrected chi connectivity index (χ2v) is 13.6. The molecular weight excluding hydrogens is 580 g/mol. The molecule has 1 aromatic carbocycles. The molecule has 3 aliphatic heterocycles. The van der Waals surface area contributed by atoms with Gasteiger partial charge in [-0.3, -0.25) is 13.9 Å². The third-order valence-corrected chi connectivity index (χ3v) is 10.1. The first-order valence-corrected chi connectivity index (χ1v) is 15.5. The van der Waals surface area contributed by atoms with Crippen LogP contribution >= 0.6 is 11.9 Å². The minimum atomic E-state index is -1.87. The number of benzene rings is 1. The number of phenols is 1. The molecular formula is C32H47ClO10. The quantitative estimate of drug-likeness (QED) is 0.353. The van der Waals surface area contributed by atoms with Crippen LogP contribution in [-0.2, 0) is 37.6 Å². The van der Waals surface area contributed by atoms with Crippen molar-refractivity contribution in [3.05, 3.63) is 29.8 Å². The van der Waals surface area contributed by atoms with E-state index >= 15 is 0 Å². The summed E-state index contributed by atoms with van der Waals surface area (Å²) in [5.41, 5.74) is 0.271. The molecule has 3 bridgehead atoms. The molecule has 1 spiro atoms. The second kappa shape index (κ2) is 13.2. The lowest BCUT2D eigenvalue weighted by Gasteiger charge is -2.61. The lowest BCUT2D eigenvalue weighted by Crippen LogP contribution is -2.68. The summed E-state index contributed by atoms with van der Waals surface area (Å²) < 4.78 is 35.7. The average molecular weight is 627 g/mol. The molecule has 10 nitrogen and oxygen atoms in total. The predicted octanol–water partition coefficient (Wildman–Crippen LogP) is 5.56. The van der Waals surface area contributed by atoms with E-state index < -0.39 is 65.7 Å². The van der Waals surface area contributed by atoms with Crippen LogP contribution in [0, 0.1) is 23.2 Å². The average Bonchev–Trinajstić information content (AvgIpc) is 2.92. The van der Waals surface area contributed by atoms with Gasteiger partial charge in [-0.1, -0.05) is 46.8 Å². The van der Waals surface area contributed by atoms with Crippen LogP contribution in [0.4, 0.5) is 0 Å². The van der Waals surface area contributed by atoms with Crippen LogP contribution in [-0.4, -0.2) is 65.3 Å². The van der Waals surface area contributed by atoms with E-state index in [1.807, 2.05) is 33.8 Å². The number of carbonyl (C=O) groups excluding carboxylic acids is 2. The summed E-state index contributed by atoms with van der Waals surface area (Å²) in [6.07, 6.45) is -1.73. The van der Waals surface area contributed by atoms with Gasteiger partial charge in [-0.25, -0.2) is 0 Å². The smallest absolute Gasteiger partial charge is 0.311 e. The van der Waals surface area contributed by atoms with Crippen molar-refractivity contribution in [2.24, 2.45) is 23.2 Å². The number of esters is 2. The maximum atomic E-state index is 13.3. The number of fused-ring (bicyclic) bond motifs is 2. The normalized spacial score (nSPS) is 36.7. The molecule has 1 aromatic rings. The van der Waals surface area contributed by atoms with Crippen molar-refractivity contribution in [1.82, 2.24) is 0 Å². The van der Waals surface area contributed by atoms with Gasteiger partial charge in [0.15, 0.2) is 11.6 Å². The van der Waals surface area contributed by atoms with E-state index in [1.165, 1.54) is 0 Å². The summed E-state index contributed by atoms with van der Waals surface area (Å²) in [6.45, 7) is 11.5. The Morgan fingerprint density at radius 2 is 1.81 bits per heavy atom. The maximum Gasteiger partial charge on any atom is 0.311 e. The zero-order valence-electron chi connectivity index (χ0n) is 26.2. The van der Waals surface area contributed by atoms with Gasteiger partial charge in [-0.2, -0.15) is 0 Å². The van der Waals surface area contributed by atoms with Crippen molar-refractivity contribution in [2.75, 3.05) is 7.11 Å². The molecule has 3 saturated heterocycles.